The molecule has 0 aliphatic carbocycles. The Morgan fingerprint density at radius 1 is 1.03 bits per heavy atom. The number of rotatable bonds is 9. The third kappa shape index (κ3) is 5.17. The largest absolute Gasteiger partial charge is 0.451 e. The van der Waals surface area contributed by atoms with E-state index in [2.05, 4.69) is 25.9 Å². The van der Waals surface area contributed by atoms with E-state index in [1.807, 2.05) is 60.7 Å². The fourth-order valence-electron chi connectivity index (χ4n) is 4.05. The van der Waals surface area contributed by atoms with Gasteiger partial charge in [-0.25, -0.2) is 0 Å². The molecular weight excluding hydrogens is 458 g/mol. The lowest BCUT2D eigenvalue weighted by Gasteiger charge is -2.30. The number of aromatic nitrogens is 4. The lowest BCUT2D eigenvalue weighted by molar-refractivity contribution is 0.0538. The summed E-state index contributed by atoms with van der Waals surface area (Å²) >= 11 is 0. The van der Waals surface area contributed by atoms with E-state index in [1.54, 1.807) is 24.3 Å². The number of carbonyl (C=O) groups is 1. The molecule has 5 rings (SSSR count). The average Bonchev–Trinajstić information content (AvgIpc) is 3.47. The number of aromatic amines is 1. The second-order valence-corrected chi connectivity index (χ2v) is 8.26. The minimum atomic E-state index is -0.648. The first kappa shape index (κ1) is 23.4. The number of para-hydroxylation sites is 1. The van der Waals surface area contributed by atoms with Gasteiger partial charge in [0, 0.05) is 17.7 Å². The molecule has 2 unspecified atom stereocenters. The molecule has 9 nitrogen and oxygen atoms in total. The van der Waals surface area contributed by atoms with Crippen LogP contribution in [0.4, 0.5) is 0 Å². The van der Waals surface area contributed by atoms with Gasteiger partial charge in [-0.3, -0.25) is 4.79 Å². The van der Waals surface area contributed by atoms with Crippen molar-refractivity contribution in [3.63, 3.8) is 0 Å². The van der Waals surface area contributed by atoms with Crippen molar-refractivity contribution >= 4 is 11.7 Å². The zero-order chi connectivity index (χ0) is 24.7. The van der Waals surface area contributed by atoms with Crippen molar-refractivity contribution in [2.45, 2.75) is 25.0 Å². The van der Waals surface area contributed by atoms with E-state index in [-0.39, 0.29) is 17.5 Å². The van der Waals surface area contributed by atoms with Gasteiger partial charge < -0.3 is 19.9 Å². The van der Waals surface area contributed by atoms with Gasteiger partial charge in [-0.15, -0.1) is 10.2 Å². The number of aliphatic hydroxyl groups excluding tert-OH is 1. The van der Waals surface area contributed by atoms with Crippen molar-refractivity contribution in [3.05, 3.63) is 113 Å². The van der Waals surface area contributed by atoms with Crippen molar-refractivity contribution in [2.24, 2.45) is 0 Å². The number of aliphatic hydroxyl groups is 1. The summed E-state index contributed by atoms with van der Waals surface area (Å²) in [7, 11) is 0. The molecule has 0 bridgehead atoms. The van der Waals surface area contributed by atoms with Crippen LogP contribution in [0.2, 0.25) is 0 Å². The van der Waals surface area contributed by atoms with Crippen molar-refractivity contribution in [2.75, 3.05) is 6.61 Å². The number of hydrogen-bond acceptors (Lipinski definition) is 7. The second-order valence-electron chi connectivity index (χ2n) is 8.26. The Bertz CT molecular complexity index is 1330. The molecule has 1 aromatic heterocycles. The Morgan fingerprint density at radius 3 is 2.50 bits per heavy atom. The Kier molecular flexibility index (Phi) is 7.11. The summed E-state index contributed by atoms with van der Waals surface area (Å²) in [5.41, 5.74) is 2.49. The van der Waals surface area contributed by atoms with Gasteiger partial charge in [-0.05, 0) is 41.8 Å². The van der Waals surface area contributed by atoms with Crippen LogP contribution < -0.4 is 10.1 Å². The number of hydrogen-bond donors (Lipinski definition) is 3. The quantitative estimate of drug-likeness (QED) is 0.308. The van der Waals surface area contributed by atoms with Crippen LogP contribution in [-0.4, -0.2) is 38.2 Å². The van der Waals surface area contributed by atoms with Crippen LogP contribution in [-0.2, 0) is 4.74 Å². The monoisotopic (exact) mass is 483 g/mol. The predicted molar refractivity (Wildman–Crippen MR) is 131 cm³/mol. The molecule has 2 atom stereocenters. The molecule has 0 saturated heterocycles. The zero-order valence-corrected chi connectivity index (χ0v) is 19.4. The molecule has 0 fully saturated rings. The van der Waals surface area contributed by atoms with E-state index in [0.717, 1.165) is 11.1 Å². The number of nitrogens with zero attached hydrogens (tertiary/aromatic N) is 3. The van der Waals surface area contributed by atoms with Crippen LogP contribution >= 0.6 is 0 Å². The van der Waals surface area contributed by atoms with Crippen LogP contribution in [0.1, 0.15) is 52.4 Å². The zero-order valence-electron chi connectivity index (χ0n) is 19.4. The number of nitrogens with one attached hydrogen (secondary N) is 2. The highest BCUT2D eigenvalue weighted by atomic mass is 16.5. The van der Waals surface area contributed by atoms with Crippen molar-refractivity contribution in [1.29, 1.82) is 0 Å². The maximum Gasteiger partial charge on any atom is 0.255 e. The Balaban J connectivity index is 1.40. The van der Waals surface area contributed by atoms with E-state index >= 15 is 0 Å². The lowest BCUT2D eigenvalue weighted by atomic mass is 10.0. The predicted octanol–water partition coefficient (Wildman–Crippen LogP) is 3.96. The third-order valence-corrected chi connectivity index (χ3v) is 5.84. The summed E-state index contributed by atoms with van der Waals surface area (Å²) in [4.78, 5) is 13.1. The van der Waals surface area contributed by atoms with Gasteiger partial charge in [0.15, 0.2) is 5.76 Å². The molecule has 1 aliphatic rings. The Labute approximate surface area is 207 Å². The number of fused-ring (bicyclic) bond motifs is 1. The molecule has 4 aromatic rings. The molecule has 2 heterocycles. The molecular formula is C27H25N5O4. The minimum Gasteiger partial charge on any atom is -0.451 e. The summed E-state index contributed by atoms with van der Waals surface area (Å²) in [5.74, 6) is 0.703. The highest BCUT2D eigenvalue weighted by Gasteiger charge is 2.34. The number of carbonyl (C=O) groups excluding carboxylic acids is 1. The number of amides is 1. The van der Waals surface area contributed by atoms with Gasteiger partial charge in [0.2, 0.25) is 5.82 Å². The fraction of sp³-hybridized carbons (Fsp3) is 0.185. The van der Waals surface area contributed by atoms with Gasteiger partial charge in [-0.2, -0.15) is 5.21 Å². The SMILES string of the molecule is O=C(NC1=C(c2nn[nH]n2)Oc2ccccc2C1OCCCC(O)c1ccccc1)c1ccccc1. The lowest BCUT2D eigenvalue weighted by Crippen LogP contribution is -2.32. The van der Waals surface area contributed by atoms with E-state index in [0.29, 0.717) is 36.5 Å². The summed E-state index contributed by atoms with van der Waals surface area (Å²) in [6, 6.07) is 25.9. The molecule has 36 heavy (non-hydrogen) atoms. The van der Waals surface area contributed by atoms with E-state index in [9.17, 15) is 9.90 Å². The number of tetrazole rings is 1. The van der Waals surface area contributed by atoms with Gasteiger partial charge in [0.25, 0.3) is 5.91 Å². The summed E-state index contributed by atoms with van der Waals surface area (Å²) < 4.78 is 12.4. The molecule has 9 heteroatoms. The molecule has 0 radical (unpaired) electrons. The first-order valence-corrected chi connectivity index (χ1v) is 11.7. The molecule has 3 N–H and O–H groups in total. The van der Waals surface area contributed by atoms with Gasteiger partial charge in [-0.1, -0.05) is 66.7 Å². The van der Waals surface area contributed by atoms with E-state index in [1.165, 1.54) is 0 Å². The summed E-state index contributed by atoms with van der Waals surface area (Å²) in [5, 5.41) is 27.7. The molecule has 3 aromatic carbocycles. The van der Waals surface area contributed by atoms with Crippen molar-refractivity contribution in [3.8, 4) is 5.75 Å². The van der Waals surface area contributed by atoms with Gasteiger partial charge >= 0.3 is 0 Å². The number of ether oxygens (including phenoxy) is 2. The first-order valence-electron chi connectivity index (χ1n) is 11.7. The summed E-state index contributed by atoms with van der Waals surface area (Å²) in [6.07, 6.45) is -0.0980. The minimum absolute atomic E-state index is 0.195. The van der Waals surface area contributed by atoms with Crippen LogP contribution in [0.3, 0.4) is 0 Å². The number of H-pyrrole nitrogens is 1. The fourth-order valence-corrected chi connectivity index (χ4v) is 4.05. The molecule has 0 saturated carbocycles. The second kappa shape index (κ2) is 10.9. The Morgan fingerprint density at radius 2 is 1.75 bits per heavy atom. The van der Waals surface area contributed by atoms with Crippen LogP contribution in [0.25, 0.3) is 5.76 Å². The van der Waals surface area contributed by atoms with Gasteiger partial charge in [0.05, 0.1) is 11.8 Å². The first-order chi connectivity index (χ1) is 17.7. The highest BCUT2D eigenvalue weighted by Crippen LogP contribution is 2.41. The maximum atomic E-state index is 13.1. The van der Waals surface area contributed by atoms with Crippen LogP contribution in [0, 0.1) is 0 Å². The Hall–Kier alpha value is -4.34. The third-order valence-electron chi connectivity index (χ3n) is 5.84. The molecule has 182 valence electrons. The molecule has 1 aliphatic heterocycles. The summed E-state index contributed by atoms with van der Waals surface area (Å²) in [6.45, 7) is 0.340. The van der Waals surface area contributed by atoms with Crippen molar-refractivity contribution in [1.82, 2.24) is 25.9 Å². The van der Waals surface area contributed by atoms with Gasteiger partial charge in [0.1, 0.15) is 11.9 Å². The standard InChI is InChI=1S/C27H25N5O4/c33-21(18-10-3-1-4-11-18)15-9-17-35-24-20-14-7-8-16-22(20)36-25(26-29-31-32-30-26)23(24)28-27(34)19-12-5-2-6-13-19/h1-8,10-14,16,21,24,33H,9,15,17H2,(H,28,34)(H,29,30,31,32). The van der Waals surface area contributed by atoms with Crippen LogP contribution in [0.5, 0.6) is 5.75 Å². The number of benzene rings is 3. The normalized spacial score (nSPS) is 15.6. The highest BCUT2D eigenvalue weighted by molar-refractivity contribution is 5.96. The van der Waals surface area contributed by atoms with Crippen molar-refractivity contribution < 1.29 is 19.4 Å². The molecule has 1 amide bonds. The smallest absolute Gasteiger partial charge is 0.255 e. The maximum absolute atomic E-state index is 13.1. The van der Waals surface area contributed by atoms with E-state index < -0.39 is 12.2 Å². The van der Waals surface area contributed by atoms with Crippen LogP contribution in [0.15, 0.2) is 90.6 Å². The molecule has 0 spiro atoms. The van der Waals surface area contributed by atoms with E-state index in [4.69, 9.17) is 9.47 Å². The average molecular weight is 484 g/mol. The topological polar surface area (TPSA) is 122 Å².